The molecule has 0 aliphatic carbocycles. The Labute approximate surface area is 202 Å². The number of nitrogens with one attached hydrogen (secondary N) is 2. The lowest BCUT2D eigenvalue weighted by Crippen LogP contribution is -2.38. The number of amides is 1. The van der Waals surface area contributed by atoms with Crippen molar-refractivity contribution >= 4 is 35.8 Å². The molecule has 0 saturated carbocycles. The molecule has 1 unspecified atom stereocenters. The van der Waals surface area contributed by atoms with Gasteiger partial charge < -0.3 is 15.5 Å². The number of benzene rings is 1. The Bertz CT molecular complexity index is 822. The summed E-state index contributed by atoms with van der Waals surface area (Å²) in [7, 11) is 0. The second kappa shape index (κ2) is 13.3. The summed E-state index contributed by atoms with van der Waals surface area (Å²) >= 11 is 0. The topological polar surface area (TPSA) is 74.6 Å². The van der Waals surface area contributed by atoms with Gasteiger partial charge in [-0.05, 0) is 37.8 Å². The number of nitrogens with zero attached hydrogens (tertiary/aromatic N) is 4. The van der Waals surface area contributed by atoms with Crippen molar-refractivity contribution in [2.45, 2.75) is 39.7 Å². The zero-order chi connectivity index (χ0) is 21.2. The van der Waals surface area contributed by atoms with Crippen molar-refractivity contribution in [2.75, 3.05) is 32.7 Å². The van der Waals surface area contributed by atoms with Crippen molar-refractivity contribution in [3.05, 3.63) is 53.9 Å². The third-order valence-electron chi connectivity index (χ3n) is 5.28. The fourth-order valence-corrected chi connectivity index (χ4v) is 3.70. The van der Waals surface area contributed by atoms with Gasteiger partial charge in [0, 0.05) is 57.8 Å². The van der Waals surface area contributed by atoms with Crippen LogP contribution in [0, 0.1) is 12.8 Å². The fraction of sp³-hybridized carbons (Fsp3) is 0.522. The van der Waals surface area contributed by atoms with Gasteiger partial charge in [0.15, 0.2) is 5.96 Å². The molecular formula is C23H35IN6O. The van der Waals surface area contributed by atoms with E-state index in [4.69, 9.17) is 4.99 Å². The summed E-state index contributed by atoms with van der Waals surface area (Å²) in [4.78, 5) is 19.1. The number of carbonyl (C=O) groups excluding carboxylic acids is 1. The Morgan fingerprint density at radius 3 is 2.74 bits per heavy atom. The molecule has 1 amide bonds. The van der Waals surface area contributed by atoms with Crippen molar-refractivity contribution in [2.24, 2.45) is 10.9 Å². The summed E-state index contributed by atoms with van der Waals surface area (Å²) < 4.78 is 1.97. The zero-order valence-corrected chi connectivity index (χ0v) is 20.9. The van der Waals surface area contributed by atoms with Crippen LogP contribution in [0.4, 0.5) is 0 Å². The summed E-state index contributed by atoms with van der Waals surface area (Å²) in [5, 5.41) is 11.0. The number of hydrogen-bond donors (Lipinski definition) is 2. The maximum absolute atomic E-state index is 12.4. The van der Waals surface area contributed by atoms with Gasteiger partial charge in [0.1, 0.15) is 0 Å². The van der Waals surface area contributed by atoms with Crippen LogP contribution in [-0.2, 0) is 17.8 Å². The van der Waals surface area contributed by atoms with Gasteiger partial charge in [-0.15, -0.1) is 24.0 Å². The number of aromatic nitrogens is 2. The molecule has 1 aliphatic rings. The van der Waals surface area contributed by atoms with Crippen molar-refractivity contribution in [1.29, 1.82) is 0 Å². The molecule has 3 rings (SSSR count). The van der Waals surface area contributed by atoms with Crippen LogP contribution >= 0.6 is 24.0 Å². The van der Waals surface area contributed by atoms with Gasteiger partial charge in [-0.3, -0.25) is 14.5 Å². The monoisotopic (exact) mass is 538 g/mol. The standard InChI is InChI=1S/C23H34N6O.HI/c1-3-24-23(25-11-7-12-29-17-19(2)15-27-29)26-16-21-14-22(30)28(18-21)13-10-20-8-5-4-6-9-20;/h4-6,8-9,15,17,21H,3,7,10-14,16,18H2,1-2H3,(H2,24,25,26);1H. The first kappa shape index (κ1) is 25.2. The molecule has 1 saturated heterocycles. The van der Waals surface area contributed by atoms with Crippen LogP contribution < -0.4 is 10.6 Å². The second-order valence-corrected chi connectivity index (χ2v) is 7.93. The van der Waals surface area contributed by atoms with E-state index in [-0.39, 0.29) is 35.8 Å². The quantitative estimate of drug-likeness (QED) is 0.211. The van der Waals surface area contributed by atoms with E-state index >= 15 is 0 Å². The summed E-state index contributed by atoms with van der Waals surface area (Å²) in [5.74, 6) is 1.36. The third-order valence-corrected chi connectivity index (χ3v) is 5.28. The predicted octanol–water partition coefficient (Wildman–Crippen LogP) is 2.85. The van der Waals surface area contributed by atoms with E-state index in [2.05, 4.69) is 41.0 Å². The van der Waals surface area contributed by atoms with Crippen LogP contribution in [0.25, 0.3) is 0 Å². The highest BCUT2D eigenvalue weighted by atomic mass is 127. The Morgan fingerprint density at radius 1 is 1.23 bits per heavy atom. The molecule has 8 heteroatoms. The molecule has 1 atom stereocenters. The average Bonchev–Trinajstić information content (AvgIpc) is 3.33. The van der Waals surface area contributed by atoms with Crippen LogP contribution in [0.15, 0.2) is 47.7 Å². The van der Waals surface area contributed by atoms with Crippen LogP contribution in [0.5, 0.6) is 0 Å². The molecule has 2 N–H and O–H groups in total. The second-order valence-electron chi connectivity index (χ2n) is 7.93. The lowest BCUT2D eigenvalue weighted by molar-refractivity contribution is -0.127. The van der Waals surface area contributed by atoms with Crippen LogP contribution in [0.2, 0.25) is 0 Å². The normalized spacial score (nSPS) is 16.3. The zero-order valence-electron chi connectivity index (χ0n) is 18.6. The van der Waals surface area contributed by atoms with Crippen molar-refractivity contribution in [3.63, 3.8) is 0 Å². The minimum absolute atomic E-state index is 0. The predicted molar refractivity (Wildman–Crippen MR) is 136 cm³/mol. The molecular weight excluding hydrogens is 503 g/mol. The number of aliphatic imine (C=N–C) groups is 1. The van der Waals surface area contributed by atoms with Gasteiger partial charge in [-0.2, -0.15) is 5.10 Å². The molecule has 1 fully saturated rings. The summed E-state index contributed by atoms with van der Waals surface area (Å²) in [6.45, 7) is 8.90. The van der Waals surface area contributed by atoms with Gasteiger partial charge in [0.2, 0.25) is 5.91 Å². The lowest BCUT2D eigenvalue weighted by atomic mass is 10.1. The van der Waals surface area contributed by atoms with E-state index < -0.39 is 0 Å². The van der Waals surface area contributed by atoms with Gasteiger partial charge in [-0.25, -0.2) is 0 Å². The van der Waals surface area contributed by atoms with Crippen LogP contribution in [-0.4, -0.2) is 59.3 Å². The number of carbonyl (C=O) groups is 1. The molecule has 2 aromatic rings. The molecule has 1 aromatic carbocycles. The highest BCUT2D eigenvalue weighted by molar-refractivity contribution is 14.0. The van der Waals surface area contributed by atoms with Gasteiger partial charge >= 0.3 is 0 Å². The highest BCUT2D eigenvalue weighted by Crippen LogP contribution is 2.18. The van der Waals surface area contributed by atoms with E-state index in [9.17, 15) is 4.79 Å². The number of aryl methyl sites for hydroxylation is 2. The van der Waals surface area contributed by atoms with E-state index in [1.807, 2.05) is 40.9 Å². The molecule has 0 bridgehead atoms. The van der Waals surface area contributed by atoms with Crippen molar-refractivity contribution in [1.82, 2.24) is 25.3 Å². The SMILES string of the molecule is CCNC(=NCC1CC(=O)N(CCc2ccccc2)C1)NCCCn1cc(C)cn1.I. The number of halogens is 1. The number of guanidine groups is 1. The summed E-state index contributed by atoms with van der Waals surface area (Å²) in [6.07, 6.45) is 6.41. The van der Waals surface area contributed by atoms with Crippen LogP contribution in [0.3, 0.4) is 0 Å². The number of rotatable bonds is 10. The Kier molecular flexibility index (Phi) is 10.8. The number of likely N-dealkylation sites (tertiary alicyclic amines) is 1. The highest BCUT2D eigenvalue weighted by Gasteiger charge is 2.28. The molecule has 170 valence electrons. The van der Waals surface area contributed by atoms with Gasteiger partial charge in [-0.1, -0.05) is 30.3 Å². The largest absolute Gasteiger partial charge is 0.357 e. The molecule has 0 spiro atoms. The first-order valence-corrected chi connectivity index (χ1v) is 11.0. The molecule has 2 heterocycles. The van der Waals surface area contributed by atoms with E-state index in [1.165, 1.54) is 11.1 Å². The maximum atomic E-state index is 12.4. The van der Waals surface area contributed by atoms with Gasteiger partial charge in [0.05, 0.1) is 6.20 Å². The first-order chi connectivity index (χ1) is 14.6. The minimum atomic E-state index is 0. The Morgan fingerprint density at radius 2 is 2.03 bits per heavy atom. The summed E-state index contributed by atoms with van der Waals surface area (Å²) in [6, 6.07) is 10.3. The smallest absolute Gasteiger partial charge is 0.223 e. The van der Waals surface area contributed by atoms with Crippen molar-refractivity contribution in [3.8, 4) is 0 Å². The van der Waals surface area contributed by atoms with Crippen molar-refractivity contribution < 1.29 is 4.79 Å². The van der Waals surface area contributed by atoms with E-state index in [0.717, 1.165) is 51.5 Å². The summed E-state index contributed by atoms with van der Waals surface area (Å²) in [5.41, 5.74) is 2.46. The van der Waals surface area contributed by atoms with E-state index in [1.54, 1.807) is 0 Å². The minimum Gasteiger partial charge on any atom is -0.357 e. The molecule has 31 heavy (non-hydrogen) atoms. The molecule has 0 radical (unpaired) electrons. The average molecular weight is 538 g/mol. The molecule has 1 aliphatic heterocycles. The molecule has 7 nitrogen and oxygen atoms in total. The first-order valence-electron chi connectivity index (χ1n) is 11.0. The maximum Gasteiger partial charge on any atom is 0.223 e. The Hall–Kier alpha value is -2.10. The molecule has 1 aromatic heterocycles. The Balaban J connectivity index is 0.00000341. The fourth-order valence-electron chi connectivity index (χ4n) is 3.70. The third kappa shape index (κ3) is 8.51. The van der Waals surface area contributed by atoms with Gasteiger partial charge in [0.25, 0.3) is 0 Å². The van der Waals surface area contributed by atoms with Crippen LogP contribution in [0.1, 0.15) is 30.9 Å². The van der Waals surface area contributed by atoms with E-state index in [0.29, 0.717) is 13.0 Å². The number of hydrogen-bond acceptors (Lipinski definition) is 3. The lowest BCUT2D eigenvalue weighted by Gasteiger charge is -2.16.